The Balaban J connectivity index is 2.34. The van der Waals surface area contributed by atoms with E-state index in [1.807, 2.05) is 86.3 Å². The Morgan fingerprint density at radius 3 is 1.63 bits per heavy atom. The zero-order chi connectivity index (χ0) is 20.1. The smallest absolute Gasteiger partial charge is 0.226 e. The van der Waals surface area contributed by atoms with Crippen molar-refractivity contribution in [3.8, 4) is 0 Å². The molecule has 6 heteroatoms. The predicted octanol–water partition coefficient (Wildman–Crippen LogP) is 5.55. The number of amides is 1. The van der Waals surface area contributed by atoms with Crippen LogP contribution in [0.3, 0.4) is 0 Å². The Morgan fingerprint density at radius 2 is 1.30 bits per heavy atom. The molecule has 0 spiro atoms. The average Bonchev–Trinajstić information content (AvgIpc) is 2.59. The molecule has 0 radical (unpaired) electrons. The Kier molecular flexibility index (Phi) is 7.58. The van der Waals surface area contributed by atoms with Gasteiger partial charge in [-0.3, -0.25) is 9.69 Å². The molecule has 0 fully saturated rings. The SMILES string of the molecule is CC(C)(C)C(=O)N[C@@H](N(Cc1ccccc1)Cc1ccccc1)C(Cl)(Cl)Cl. The fourth-order valence-corrected chi connectivity index (χ4v) is 3.17. The minimum Gasteiger partial charge on any atom is -0.336 e. The van der Waals surface area contributed by atoms with Gasteiger partial charge in [0.15, 0.2) is 0 Å². The first-order valence-electron chi connectivity index (χ1n) is 8.77. The average molecular weight is 428 g/mol. The first kappa shape index (κ1) is 22.0. The number of carbonyl (C=O) groups is 1. The molecule has 2 aromatic carbocycles. The zero-order valence-electron chi connectivity index (χ0n) is 15.8. The van der Waals surface area contributed by atoms with E-state index >= 15 is 0 Å². The van der Waals surface area contributed by atoms with E-state index in [1.165, 1.54) is 0 Å². The maximum Gasteiger partial charge on any atom is 0.226 e. The standard InChI is InChI=1S/C21H25Cl3N2O/c1-20(2,3)19(27)25-18(21(22,23)24)26(14-16-10-6-4-7-11-16)15-17-12-8-5-9-13-17/h4-13,18H,14-15H2,1-3H3,(H,25,27)/t18-/m0/s1. The van der Waals surface area contributed by atoms with Crippen molar-refractivity contribution in [2.24, 2.45) is 5.41 Å². The van der Waals surface area contributed by atoms with Gasteiger partial charge in [-0.05, 0) is 11.1 Å². The maximum atomic E-state index is 12.6. The largest absolute Gasteiger partial charge is 0.336 e. The summed E-state index contributed by atoms with van der Waals surface area (Å²) in [4.78, 5) is 14.6. The second-order valence-electron chi connectivity index (χ2n) is 7.54. The Hall–Kier alpha value is -1.26. The van der Waals surface area contributed by atoms with Crippen molar-refractivity contribution in [3.63, 3.8) is 0 Å². The second-order valence-corrected chi connectivity index (χ2v) is 9.91. The lowest BCUT2D eigenvalue weighted by Gasteiger charge is -2.38. The summed E-state index contributed by atoms with van der Waals surface area (Å²) < 4.78 is -1.69. The number of nitrogens with zero attached hydrogens (tertiary/aromatic N) is 1. The van der Waals surface area contributed by atoms with Crippen molar-refractivity contribution in [2.45, 2.75) is 43.8 Å². The molecule has 146 valence electrons. The van der Waals surface area contributed by atoms with Crippen molar-refractivity contribution < 1.29 is 4.79 Å². The topological polar surface area (TPSA) is 32.3 Å². The minimum atomic E-state index is -1.69. The van der Waals surface area contributed by atoms with E-state index in [-0.39, 0.29) is 5.91 Å². The third-order valence-electron chi connectivity index (χ3n) is 4.08. The van der Waals surface area contributed by atoms with E-state index in [1.54, 1.807) is 0 Å². The van der Waals surface area contributed by atoms with Gasteiger partial charge in [-0.25, -0.2) is 0 Å². The van der Waals surface area contributed by atoms with Gasteiger partial charge in [0.05, 0.1) is 0 Å². The highest BCUT2D eigenvalue weighted by atomic mass is 35.6. The van der Waals surface area contributed by atoms with Gasteiger partial charge in [-0.15, -0.1) is 0 Å². The molecular weight excluding hydrogens is 403 g/mol. The molecule has 1 N–H and O–H groups in total. The van der Waals surface area contributed by atoms with Crippen LogP contribution in [0.5, 0.6) is 0 Å². The second kappa shape index (κ2) is 9.29. The number of halogens is 3. The Labute approximate surface area is 176 Å². The van der Waals surface area contributed by atoms with Gasteiger partial charge < -0.3 is 5.32 Å². The quantitative estimate of drug-likeness (QED) is 0.484. The van der Waals surface area contributed by atoms with Crippen LogP contribution < -0.4 is 5.32 Å². The molecule has 0 aromatic heterocycles. The summed E-state index contributed by atoms with van der Waals surface area (Å²) in [6, 6.07) is 19.8. The molecule has 2 aromatic rings. The maximum absolute atomic E-state index is 12.6. The number of alkyl halides is 3. The molecule has 27 heavy (non-hydrogen) atoms. The van der Waals surface area contributed by atoms with Crippen LogP contribution in [0.2, 0.25) is 0 Å². The summed E-state index contributed by atoms with van der Waals surface area (Å²) in [6.07, 6.45) is -0.783. The molecule has 1 amide bonds. The van der Waals surface area contributed by atoms with Gasteiger partial charge in [-0.2, -0.15) is 0 Å². The van der Waals surface area contributed by atoms with Crippen molar-refractivity contribution in [1.82, 2.24) is 10.2 Å². The molecule has 0 heterocycles. The fourth-order valence-electron chi connectivity index (χ4n) is 2.60. The third-order valence-corrected chi connectivity index (χ3v) is 4.70. The predicted molar refractivity (Wildman–Crippen MR) is 114 cm³/mol. The summed E-state index contributed by atoms with van der Waals surface area (Å²) >= 11 is 18.9. The van der Waals surface area contributed by atoms with Gasteiger partial charge in [0.1, 0.15) is 6.17 Å². The first-order chi connectivity index (χ1) is 12.6. The van der Waals surface area contributed by atoms with E-state index in [4.69, 9.17) is 34.8 Å². The van der Waals surface area contributed by atoms with Crippen LogP contribution in [0.1, 0.15) is 31.9 Å². The number of hydrogen-bond acceptors (Lipinski definition) is 2. The monoisotopic (exact) mass is 426 g/mol. The van der Waals surface area contributed by atoms with Crippen LogP contribution >= 0.6 is 34.8 Å². The van der Waals surface area contributed by atoms with Crippen LogP contribution in [0, 0.1) is 5.41 Å². The Bertz CT molecular complexity index is 683. The van der Waals surface area contributed by atoms with Crippen LogP contribution in [0.25, 0.3) is 0 Å². The summed E-state index contributed by atoms with van der Waals surface area (Å²) in [5, 5.41) is 2.93. The van der Waals surface area contributed by atoms with Crippen molar-refractivity contribution in [1.29, 1.82) is 0 Å². The lowest BCUT2D eigenvalue weighted by molar-refractivity contribution is -0.130. The third kappa shape index (κ3) is 7.00. The van der Waals surface area contributed by atoms with E-state index in [0.29, 0.717) is 13.1 Å². The highest BCUT2D eigenvalue weighted by Crippen LogP contribution is 2.34. The Morgan fingerprint density at radius 1 is 0.889 bits per heavy atom. The van der Waals surface area contributed by atoms with Gasteiger partial charge >= 0.3 is 0 Å². The molecule has 3 nitrogen and oxygen atoms in total. The number of rotatable bonds is 6. The van der Waals surface area contributed by atoms with E-state index in [9.17, 15) is 4.79 Å². The molecule has 0 unspecified atom stereocenters. The molecule has 0 aliphatic carbocycles. The van der Waals surface area contributed by atoms with Gasteiger partial charge in [-0.1, -0.05) is 116 Å². The summed E-state index contributed by atoms with van der Waals surface area (Å²) in [5.41, 5.74) is 1.54. The lowest BCUT2D eigenvalue weighted by Crippen LogP contribution is -2.56. The van der Waals surface area contributed by atoms with Gasteiger partial charge in [0.25, 0.3) is 0 Å². The molecule has 0 bridgehead atoms. The summed E-state index contributed by atoms with van der Waals surface area (Å²) in [6.45, 7) is 6.54. The summed E-state index contributed by atoms with van der Waals surface area (Å²) in [7, 11) is 0. The number of nitrogens with one attached hydrogen (secondary N) is 1. The zero-order valence-corrected chi connectivity index (χ0v) is 18.0. The normalized spacial score (nSPS) is 13.4. The van der Waals surface area contributed by atoms with Gasteiger partial charge in [0.2, 0.25) is 9.70 Å². The van der Waals surface area contributed by atoms with Crippen molar-refractivity contribution >= 4 is 40.7 Å². The van der Waals surface area contributed by atoms with Crippen molar-refractivity contribution in [3.05, 3.63) is 71.8 Å². The minimum absolute atomic E-state index is 0.176. The van der Waals surface area contributed by atoms with Crippen LogP contribution in [-0.2, 0) is 17.9 Å². The number of benzene rings is 2. The van der Waals surface area contributed by atoms with Crippen LogP contribution in [0.4, 0.5) is 0 Å². The molecular formula is C21H25Cl3N2O. The van der Waals surface area contributed by atoms with E-state index in [0.717, 1.165) is 11.1 Å². The van der Waals surface area contributed by atoms with Crippen LogP contribution in [0.15, 0.2) is 60.7 Å². The molecule has 1 atom stereocenters. The fraction of sp³-hybridized carbons (Fsp3) is 0.381. The first-order valence-corrected chi connectivity index (χ1v) is 9.90. The van der Waals surface area contributed by atoms with E-state index < -0.39 is 15.4 Å². The number of carbonyl (C=O) groups excluding carboxylic acids is 1. The summed E-state index contributed by atoms with van der Waals surface area (Å²) in [5.74, 6) is -0.176. The molecule has 2 rings (SSSR count). The molecule has 0 saturated carbocycles. The molecule has 0 aliphatic heterocycles. The lowest BCUT2D eigenvalue weighted by atomic mass is 9.95. The number of hydrogen-bond donors (Lipinski definition) is 1. The molecule has 0 saturated heterocycles. The molecule has 0 aliphatic rings. The van der Waals surface area contributed by atoms with Gasteiger partial charge in [0, 0.05) is 18.5 Å². The van der Waals surface area contributed by atoms with E-state index in [2.05, 4.69) is 5.32 Å². The van der Waals surface area contributed by atoms with Crippen molar-refractivity contribution in [2.75, 3.05) is 0 Å². The van der Waals surface area contributed by atoms with Crippen LogP contribution in [-0.4, -0.2) is 20.8 Å². The highest BCUT2D eigenvalue weighted by Gasteiger charge is 2.40. The highest BCUT2D eigenvalue weighted by molar-refractivity contribution is 6.68.